The van der Waals surface area contributed by atoms with E-state index in [-0.39, 0.29) is 11.8 Å². The first-order chi connectivity index (χ1) is 16.1. The van der Waals surface area contributed by atoms with Crippen LogP contribution in [0, 0.1) is 5.92 Å². The van der Waals surface area contributed by atoms with Gasteiger partial charge in [0, 0.05) is 63.7 Å². The maximum Gasteiger partial charge on any atom is 0.490 e. The highest BCUT2D eigenvalue weighted by atomic mass is 19.4. The van der Waals surface area contributed by atoms with Gasteiger partial charge in [-0.15, -0.1) is 0 Å². The summed E-state index contributed by atoms with van der Waals surface area (Å²) in [5.74, 6) is -1.50. The molecular formula is C23H30F3N3O5. The lowest BCUT2D eigenvalue weighted by Crippen LogP contribution is -2.33. The summed E-state index contributed by atoms with van der Waals surface area (Å²) in [5, 5.41) is 10.1. The predicted octanol–water partition coefficient (Wildman–Crippen LogP) is 2.91. The van der Waals surface area contributed by atoms with Gasteiger partial charge in [0.15, 0.2) is 0 Å². The number of para-hydroxylation sites is 1. The minimum absolute atomic E-state index is 0.0879. The second kappa shape index (κ2) is 13.0. The Hall–Kier alpha value is -3.05. The number of rotatable bonds is 8. The molecule has 3 rings (SSSR count). The van der Waals surface area contributed by atoms with Crippen molar-refractivity contribution in [2.75, 3.05) is 33.9 Å². The van der Waals surface area contributed by atoms with Crippen molar-refractivity contribution in [1.82, 2.24) is 14.8 Å². The Labute approximate surface area is 196 Å². The van der Waals surface area contributed by atoms with E-state index in [0.29, 0.717) is 19.6 Å². The quantitative estimate of drug-likeness (QED) is 0.559. The number of carbonyl (C=O) groups is 2. The van der Waals surface area contributed by atoms with E-state index in [4.69, 9.17) is 19.4 Å². The molecule has 8 nitrogen and oxygen atoms in total. The third kappa shape index (κ3) is 8.71. The van der Waals surface area contributed by atoms with Crippen molar-refractivity contribution in [3.8, 4) is 5.75 Å². The van der Waals surface area contributed by atoms with Gasteiger partial charge < -0.3 is 24.5 Å². The summed E-state index contributed by atoms with van der Waals surface area (Å²) in [5.41, 5.74) is 2.45. The van der Waals surface area contributed by atoms with Gasteiger partial charge in [-0.1, -0.05) is 18.2 Å². The fourth-order valence-electron chi connectivity index (χ4n) is 3.72. The van der Waals surface area contributed by atoms with Gasteiger partial charge in [-0.05, 0) is 24.1 Å². The standard InChI is InChI=1S/C21H29N3O3.C2HF3O2/c1-26-11-9-22-21(25)12-17-13-23(16-19-7-5-10-24(19)14-17)15-18-6-3-4-8-20(18)27-2;3-2(4,5)1(6)7/h3-8,10,17H,9,11-16H2,1-2H3,(H,22,25);(H,6,7). The lowest BCUT2D eigenvalue weighted by Gasteiger charge is -2.24. The SMILES string of the molecule is COCCNC(=O)CC1CN(Cc2ccccc2OC)Cc2cccn2C1.O=C(O)C(F)(F)F. The molecule has 1 amide bonds. The number of aliphatic carboxylic acids is 1. The molecule has 34 heavy (non-hydrogen) atoms. The summed E-state index contributed by atoms with van der Waals surface area (Å²) in [6, 6.07) is 12.4. The van der Waals surface area contributed by atoms with E-state index in [1.165, 1.54) is 11.3 Å². The number of benzene rings is 1. The van der Waals surface area contributed by atoms with Gasteiger partial charge in [0.25, 0.3) is 0 Å². The molecule has 1 aromatic heterocycles. The number of fused-ring (bicyclic) bond motifs is 1. The summed E-state index contributed by atoms with van der Waals surface area (Å²) < 4.78 is 44.5. The Bertz CT molecular complexity index is 933. The zero-order valence-electron chi connectivity index (χ0n) is 19.2. The summed E-state index contributed by atoms with van der Waals surface area (Å²) in [4.78, 5) is 23.6. The highest BCUT2D eigenvalue weighted by Gasteiger charge is 2.38. The van der Waals surface area contributed by atoms with Crippen molar-refractivity contribution in [1.29, 1.82) is 0 Å². The van der Waals surface area contributed by atoms with Crippen molar-refractivity contribution in [3.05, 3.63) is 53.9 Å². The number of nitrogens with zero attached hydrogens (tertiary/aromatic N) is 2. The Morgan fingerprint density at radius 1 is 1.15 bits per heavy atom. The van der Waals surface area contributed by atoms with Gasteiger partial charge >= 0.3 is 12.1 Å². The molecule has 0 aliphatic carbocycles. The van der Waals surface area contributed by atoms with E-state index in [1.807, 2.05) is 18.2 Å². The number of hydrogen-bond acceptors (Lipinski definition) is 5. The molecule has 0 fully saturated rings. The van der Waals surface area contributed by atoms with Gasteiger partial charge in [-0.3, -0.25) is 9.69 Å². The highest BCUT2D eigenvalue weighted by Crippen LogP contribution is 2.24. The minimum atomic E-state index is -5.08. The first-order valence-corrected chi connectivity index (χ1v) is 10.7. The maximum atomic E-state index is 12.3. The normalized spacial score (nSPS) is 16.0. The van der Waals surface area contributed by atoms with Crippen LogP contribution in [0.3, 0.4) is 0 Å². The van der Waals surface area contributed by atoms with E-state index in [2.05, 4.69) is 39.2 Å². The third-order valence-corrected chi connectivity index (χ3v) is 5.21. The topological polar surface area (TPSA) is 93.0 Å². The van der Waals surface area contributed by atoms with Crippen LogP contribution in [-0.2, 0) is 34.0 Å². The zero-order valence-corrected chi connectivity index (χ0v) is 19.2. The average Bonchev–Trinajstić information content (AvgIpc) is 3.13. The lowest BCUT2D eigenvalue weighted by atomic mass is 10.0. The van der Waals surface area contributed by atoms with Crippen LogP contribution in [0.2, 0.25) is 0 Å². The third-order valence-electron chi connectivity index (χ3n) is 5.21. The summed E-state index contributed by atoms with van der Waals surface area (Å²) in [6.07, 6.45) is -2.46. The number of alkyl halides is 3. The molecule has 0 radical (unpaired) electrons. The number of carbonyl (C=O) groups excluding carboxylic acids is 1. The van der Waals surface area contributed by atoms with E-state index in [9.17, 15) is 18.0 Å². The van der Waals surface area contributed by atoms with E-state index in [0.717, 1.165) is 31.9 Å². The zero-order chi connectivity index (χ0) is 25.1. The van der Waals surface area contributed by atoms with Crippen LogP contribution in [0.1, 0.15) is 17.7 Å². The molecule has 2 aromatic rings. The molecular weight excluding hydrogens is 455 g/mol. The van der Waals surface area contributed by atoms with E-state index in [1.54, 1.807) is 14.2 Å². The molecule has 0 spiro atoms. The number of halogens is 3. The molecule has 0 saturated heterocycles. The minimum Gasteiger partial charge on any atom is -0.496 e. The molecule has 2 heterocycles. The average molecular weight is 486 g/mol. The fourth-order valence-corrected chi connectivity index (χ4v) is 3.72. The number of carboxylic acid groups (broad SMARTS) is 1. The van der Waals surface area contributed by atoms with Crippen molar-refractivity contribution in [2.24, 2.45) is 5.92 Å². The fraction of sp³-hybridized carbons (Fsp3) is 0.478. The highest BCUT2D eigenvalue weighted by molar-refractivity contribution is 5.76. The van der Waals surface area contributed by atoms with Crippen LogP contribution in [-0.4, -0.2) is 66.5 Å². The van der Waals surface area contributed by atoms with Crippen molar-refractivity contribution < 1.29 is 37.3 Å². The molecule has 0 saturated carbocycles. The van der Waals surface area contributed by atoms with Gasteiger partial charge in [0.1, 0.15) is 5.75 Å². The van der Waals surface area contributed by atoms with Gasteiger partial charge in [-0.2, -0.15) is 13.2 Å². The molecule has 1 atom stereocenters. The first-order valence-electron chi connectivity index (χ1n) is 10.7. The van der Waals surface area contributed by atoms with Crippen LogP contribution in [0.25, 0.3) is 0 Å². The van der Waals surface area contributed by atoms with Gasteiger partial charge in [0.2, 0.25) is 5.91 Å². The smallest absolute Gasteiger partial charge is 0.490 e. The largest absolute Gasteiger partial charge is 0.496 e. The van der Waals surface area contributed by atoms with Crippen LogP contribution in [0.5, 0.6) is 5.75 Å². The molecule has 11 heteroatoms. The van der Waals surface area contributed by atoms with Crippen LogP contribution < -0.4 is 10.1 Å². The lowest BCUT2D eigenvalue weighted by molar-refractivity contribution is -0.192. The van der Waals surface area contributed by atoms with E-state index < -0.39 is 12.1 Å². The van der Waals surface area contributed by atoms with Crippen LogP contribution >= 0.6 is 0 Å². The number of aromatic nitrogens is 1. The Morgan fingerprint density at radius 3 is 2.50 bits per heavy atom. The van der Waals surface area contributed by atoms with Gasteiger partial charge in [0.05, 0.1) is 13.7 Å². The number of nitrogens with one attached hydrogen (secondary N) is 1. The van der Waals surface area contributed by atoms with Crippen molar-refractivity contribution in [2.45, 2.75) is 32.2 Å². The number of hydrogen-bond donors (Lipinski definition) is 2. The van der Waals surface area contributed by atoms with Crippen molar-refractivity contribution in [3.63, 3.8) is 0 Å². The second-order valence-electron chi connectivity index (χ2n) is 7.85. The molecule has 1 aliphatic heterocycles. The molecule has 188 valence electrons. The maximum absolute atomic E-state index is 12.3. The number of amides is 1. The van der Waals surface area contributed by atoms with Gasteiger partial charge in [-0.25, -0.2) is 4.79 Å². The summed E-state index contributed by atoms with van der Waals surface area (Å²) in [6.45, 7) is 4.50. The second-order valence-corrected chi connectivity index (χ2v) is 7.85. The van der Waals surface area contributed by atoms with Crippen LogP contribution in [0.15, 0.2) is 42.6 Å². The number of ether oxygens (including phenoxy) is 2. The molecule has 1 aromatic carbocycles. The molecule has 1 unspecified atom stereocenters. The Morgan fingerprint density at radius 2 is 1.85 bits per heavy atom. The first kappa shape index (κ1) is 27.2. The molecule has 1 aliphatic rings. The summed E-state index contributed by atoms with van der Waals surface area (Å²) in [7, 11) is 3.35. The summed E-state index contributed by atoms with van der Waals surface area (Å²) >= 11 is 0. The predicted molar refractivity (Wildman–Crippen MR) is 118 cm³/mol. The Kier molecular flexibility index (Phi) is 10.4. The molecule has 2 N–H and O–H groups in total. The van der Waals surface area contributed by atoms with Crippen molar-refractivity contribution >= 4 is 11.9 Å². The number of methoxy groups -OCH3 is 2. The monoisotopic (exact) mass is 485 g/mol. The molecule has 0 bridgehead atoms. The number of carboxylic acids is 1. The van der Waals surface area contributed by atoms with E-state index >= 15 is 0 Å². The van der Waals surface area contributed by atoms with Crippen LogP contribution in [0.4, 0.5) is 13.2 Å². The Balaban J connectivity index is 0.000000509.